The smallest absolute Gasteiger partial charge is 0.271 e. The zero-order valence-corrected chi connectivity index (χ0v) is 11.3. The van der Waals surface area contributed by atoms with Crippen molar-refractivity contribution in [2.24, 2.45) is 5.84 Å². The molecule has 0 radical (unpaired) electrons. The van der Waals surface area contributed by atoms with E-state index in [1.807, 2.05) is 16.8 Å². The molecule has 20 heavy (non-hydrogen) atoms. The summed E-state index contributed by atoms with van der Waals surface area (Å²) < 4.78 is 37.4. The van der Waals surface area contributed by atoms with Gasteiger partial charge in [-0.15, -0.1) is 0 Å². The first-order chi connectivity index (χ1) is 9.50. The van der Waals surface area contributed by atoms with E-state index in [2.05, 4.69) is 10.4 Å². The normalized spacial score (nSPS) is 13.4. The molecule has 7 heteroatoms. The maximum Gasteiger partial charge on any atom is 0.417 e. The Bertz CT molecular complexity index is 523. The van der Waals surface area contributed by atoms with Gasteiger partial charge < -0.3 is 0 Å². The summed E-state index contributed by atoms with van der Waals surface area (Å²) in [5.74, 6) is 5.46. The van der Waals surface area contributed by atoms with Crippen LogP contribution in [0.2, 0.25) is 0 Å². The van der Waals surface area contributed by atoms with Crippen molar-refractivity contribution < 1.29 is 13.2 Å². The average Bonchev–Trinajstić information content (AvgIpc) is 2.92. The molecule has 1 unspecified atom stereocenters. The fraction of sp³-hybridized carbons (Fsp3) is 0.308. The molecule has 0 fully saturated rings. The van der Waals surface area contributed by atoms with Gasteiger partial charge in [-0.1, -0.05) is 0 Å². The monoisotopic (exact) mass is 301 g/mol. The minimum absolute atomic E-state index is 0.266. The molecule has 0 bridgehead atoms. The first-order valence-corrected chi connectivity index (χ1v) is 6.95. The lowest BCUT2D eigenvalue weighted by Crippen LogP contribution is -2.29. The van der Waals surface area contributed by atoms with Crippen molar-refractivity contribution in [1.29, 1.82) is 0 Å². The van der Waals surface area contributed by atoms with Crippen LogP contribution in [0, 0.1) is 0 Å². The summed E-state index contributed by atoms with van der Waals surface area (Å²) in [5.41, 5.74) is 3.54. The van der Waals surface area contributed by atoms with Gasteiger partial charge in [-0.2, -0.15) is 24.5 Å². The SMILES string of the molecule is NNC(CCc1ccsc1)c1ccc(C(F)(F)F)cn1. The largest absolute Gasteiger partial charge is 0.417 e. The molecule has 3 N–H and O–H groups in total. The Morgan fingerprint density at radius 2 is 2.10 bits per heavy atom. The van der Waals surface area contributed by atoms with Crippen molar-refractivity contribution >= 4 is 11.3 Å². The minimum Gasteiger partial charge on any atom is -0.271 e. The van der Waals surface area contributed by atoms with Crippen LogP contribution in [0.25, 0.3) is 0 Å². The van der Waals surface area contributed by atoms with Crippen LogP contribution in [0.5, 0.6) is 0 Å². The predicted octanol–water partition coefficient (Wildman–Crippen LogP) is 3.30. The van der Waals surface area contributed by atoms with Crippen molar-refractivity contribution in [2.45, 2.75) is 25.1 Å². The Morgan fingerprint density at radius 1 is 1.30 bits per heavy atom. The lowest BCUT2D eigenvalue weighted by Gasteiger charge is -2.15. The molecular weight excluding hydrogens is 287 g/mol. The van der Waals surface area contributed by atoms with E-state index in [4.69, 9.17) is 5.84 Å². The average molecular weight is 301 g/mol. The number of hydrogen-bond donors (Lipinski definition) is 2. The van der Waals surface area contributed by atoms with Gasteiger partial charge in [0.2, 0.25) is 0 Å². The summed E-state index contributed by atoms with van der Waals surface area (Å²) >= 11 is 1.61. The number of nitrogens with two attached hydrogens (primary N) is 1. The zero-order chi connectivity index (χ0) is 14.6. The van der Waals surface area contributed by atoms with Crippen LogP contribution in [-0.4, -0.2) is 4.98 Å². The maximum atomic E-state index is 12.5. The van der Waals surface area contributed by atoms with E-state index in [1.165, 1.54) is 11.6 Å². The second kappa shape index (κ2) is 6.34. The van der Waals surface area contributed by atoms with Crippen LogP contribution in [0.15, 0.2) is 35.2 Å². The van der Waals surface area contributed by atoms with Gasteiger partial charge in [0, 0.05) is 6.20 Å². The van der Waals surface area contributed by atoms with Crippen LogP contribution >= 0.6 is 11.3 Å². The number of halogens is 3. The number of aryl methyl sites for hydroxylation is 1. The molecule has 0 aliphatic rings. The van der Waals surface area contributed by atoms with Gasteiger partial charge in [-0.3, -0.25) is 16.3 Å². The Hall–Kier alpha value is -1.44. The molecule has 3 nitrogen and oxygen atoms in total. The van der Waals surface area contributed by atoms with E-state index >= 15 is 0 Å². The van der Waals surface area contributed by atoms with Crippen molar-refractivity contribution in [3.05, 3.63) is 52.0 Å². The number of nitrogens with zero attached hydrogens (tertiary/aromatic N) is 1. The fourth-order valence-corrected chi connectivity index (χ4v) is 2.54. The molecule has 2 aromatic rings. The van der Waals surface area contributed by atoms with Crippen LogP contribution < -0.4 is 11.3 Å². The maximum absolute atomic E-state index is 12.5. The summed E-state index contributed by atoms with van der Waals surface area (Å²) in [6.45, 7) is 0. The number of nitrogens with one attached hydrogen (secondary N) is 1. The van der Waals surface area contributed by atoms with Gasteiger partial charge in [-0.05, 0) is 47.4 Å². The molecule has 0 saturated carbocycles. The highest BCUT2D eigenvalue weighted by Crippen LogP contribution is 2.29. The van der Waals surface area contributed by atoms with Crippen LogP contribution in [0.4, 0.5) is 13.2 Å². The highest BCUT2D eigenvalue weighted by atomic mass is 32.1. The quantitative estimate of drug-likeness (QED) is 0.658. The van der Waals surface area contributed by atoms with E-state index in [0.717, 1.165) is 18.7 Å². The summed E-state index contributed by atoms with van der Waals surface area (Å²) in [7, 11) is 0. The third kappa shape index (κ3) is 3.78. The second-order valence-corrected chi connectivity index (χ2v) is 5.14. The molecule has 0 spiro atoms. The van der Waals surface area contributed by atoms with Crippen molar-refractivity contribution in [3.63, 3.8) is 0 Å². The summed E-state index contributed by atoms with van der Waals surface area (Å²) in [5, 5.41) is 4.02. The Balaban J connectivity index is 2.04. The third-order valence-electron chi connectivity index (χ3n) is 2.97. The molecule has 0 aliphatic carbocycles. The fourth-order valence-electron chi connectivity index (χ4n) is 1.84. The van der Waals surface area contributed by atoms with E-state index in [9.17, 15) is 13.2 Å². The lowest BCUT2D eigenvalue weighted by molar-refractivity contribution is -0.137. The molecule has 2 rings (SSSR count). The minimum atomic E-state index is -4.37. The van der Waals surface area contributed by atoms with Crippen LogP contribution in [0.1, 0.15) is 29.3 Å². The van der Waals surface area contributed by atoms with Crippen molar-refractivity contribution in [2.75, 3.05) is 0 Å². The number of thiophene rings is 1. The van der Waals surface area contributed by atoms with Crippen molar-refractivity contribution in [1.82, 2.24) is 10.4 Å². The number of alkyl halides is 3. The van der Waals surface area contributed by atoms with Crippen LogP contribution in [0.3, 0.4) is 0 Å². The van der Waals surface area contributed by atoms with E-state index in [1.54, 1.807) is 11.3 Å². The topological polar surface area (TPSA) is 50.9 Å². The summed E-state index contributed by atoms with van der Waals surface area (Å²) in [6, 6.07) is 4.13. The Kier molecular flexibility index (Phi) is 4.74. The van der Waals surface area contributed by atoms with E-state index in [0.29, 0.717) is 12.1 Å². The number of hydrazine groups is 1. The van der Waals surface area contributed by atoms with Crippen LogP contribution in [-0.2, 0) is 12.6 Å². The summed E-state index contributed by atoms with van der Waals surface area (Å²) in [4.78, 5) is 3.86. The number of pyridine rings is 1. The molecule has 0 amide bonds. The van der Waals surface area contributed by atoms with Gasteiger partial charge in [-0.25, -0.2) is 0 Å². The number of hydrogen-bond acceptors (Lipinski definition) is 4. The summed E-state index contributed by atoms with van der Waals surface area (Å²) in [6.07, 6.45) is -2.06. The molecule has 108 valence electrons. The molecule has 1 atom stereocenters. The molecule has 2 heterocycles. The van der Waals surface area contributed by atoms with Gasteiger partial charge in [0.15, 0.2) is 0 Å². The molecule has 0 aliphatic heterocycles. The molecule has 0 aromatic carbocycles. The van der Waals surface area contributed by atoms with E-state index in [-0.39, 0.29) is 6.04 Å². The number of aromatic nitrogens is 1. The molecule has 2 aromatic heterocycles. The second-order valence-electron chi connectivity index (χ2n) is 4.36. The highest BCUT2D eigenvalue weighted by Gasteiger charge is 2.30. The first-order valence-electron chi connectivity index (χ1n) is 6.01. The van der Waals surface area contributed by atoms with Gasteiger partial charge >= 0.3 is 6.18 Å². The van der Waals surface area contributed by atoms with Gasteiger partial charge in [0.25, 0.3) is 0 Å². The van der Waals surface area contributed by atoms with Gasteiger partial charge in [0.1, 0.15) is 0 Å². The van der Waals surface area contributed by atoms with Crippen molar-refractivity contribution in [3.8, 4) is 0 Å². The lowest BCUT2D eigenvalue weighted by atomic mass is 10.0. The molecule has 0 saturated heterocycles. The Labute approximate surface area is 118 Å². The standard InChI is InChI=1S/C13H14F3N3S/c14-13(15,16)10-2-4-11(18-7-10)12(19-17)3-1-9-5-6-20-8-9/h2,4-8,12,19H,1,3,17H2. The Morgan fingerprint density at radius 3 is 2.60 bits per heavy atom. The molecular formula is C13H14F3N3S. The zero-order valence-electron chi connectivity index (χ0n) is 10.5. The highest BCUT2D eigenvalue weighted by molar-refractivity contribution is 7.07. The first kappa shape index (κ1) is 15.0. The van der Waals surface area contributed by atoms with Gasteiger partial charge in [0.05, 0.1) is 17.3 Å². The van der Waals surface area contributed by atoms with E-state index < -0.39 is 11.7 Å². The third-order valence-corrected chi connectivity index (χ3v) is 3.71. The predicted molar refractivity (Wildman–Crippen MR) is 71.9 cm³/mol. The number of rotatable bonds is 5.